The highest BCUT2D eigenvalue weighted by atomic mass is 16.2. The summed E-state index contributed by atoms with van der Waals surface area (Å²) >= 11 is 0. The van der Waals surface area contributed by atoms with Gasteiger partial charge >= 0.3 is 0 Å². The summed E-state index contributed by atoms with van der Waals surface area (Å²) in [6, 6.07) is 24.7. The predicted molar refractivity (Wildman–Crippen MR) is 181 cm³/mol. The van der Waals surface area contributed by atoms with Crippen molar-refractivity contribution in [3.63, 3.8) is 0 Å². The largest absolute Gasteiger partial charge is 0.348 e. The zero-order valence-electron chi connectivity index (χ0n) is 26.7. The standard InChI is InChI=1S/C38H34N6O5/c45-33-16-15-32(36(47)41-33)44-37(48)29-14-11-25(20-30(29)38(44)49)35(46)40-21-23-7-9-24(10-8-23)22-42(26-12-13-26)18-19-43-31-6-2-1-4-27(31)28-5-3-17-39-34(28)43/h1-11,14,17,20,26,32H,12-13,15-16,18-19,21-22H2,(H,40,46)(H,41,45,47). The molecular formula is C38H34N6O5. The molecule has 2 aliphatic heterocycles. The highest BCUT2D eigenvalue weighted by Crippen LogP contribution is 2.31. The molecule has 1 saturated carbocycles. The number of carbonyl (C=O) groups excluding carboxylic acids is 5. The first-order chi connectivity index (χ1) is 23.9. The molecule has 1 aliphatic carbocycles. The van der Waals surface area contributed by atoms with Gasteiger partial charge in [-0.05, 0) is 66.8 Å². The van der Waals surface area contributed by atoms with E-state index >= 15 is 0 Å². The number of nitrogens with zero attached hydrogens (tertiary/aromatic N) is 4. The van der Waals surface area contributed by atoms with Crippen molar-refractivity contribution in [2.24, 2.45) is 0 Å². The van der Waals surface area contributed by atoms with Gasteiger partial charge in [-0.3, -0.25) is 39.1 Å². The van der Waals surface area contributed by atoms with Crippen LogP contribution in [0.5, 0.6) is 0 Å². The number of nitrogens with one attached hydrogen (secondary N) is 2. The van der Waals surface area contributed by atoms with Crippen LogP contribution in [0.1, 0.15) is 67.9 Å². The van der Waals surface area contributed by atoms with E-state index in [2.05, 4.69) is 62.6 Å². The van der Waals surface area contributed by atoms with Gasteiger partial charge in [-0.1, -0.05) is 42.5 Å². The SMILES string of the molecule is O=C1CCC(N2C(=O)c3ccc(C(=O)NCc4ccc(CN(CCn5c6ccccc6c6cccnc65)C5CC5)cc4)cc3C2=O)C(=O)N1. The van der Waals surface area contributed by atoms with E-state index in [1.807, 2.05) is 24.4 Å². The van der Waals surface area contributed by atoms with Crippen molar-refractivity contribution in [1.82, 2.24) is 30.0 Å². The Morgan fingerprint density at radius 3 is 2.41 bits per heavy atom. The van der Waals surface area contributed by atoms with Crippen molar-refractivity contribution in [3.8, 4) is 0 Å². The average molecular weight is 655 g/mol. The van der Waals surface area contributed by atoms with Crippen molar-refractivity contribution in [1.29, 1.82) is 0 Å². The minimum atomic E-state index is -1.06. The van der Waals surface area contributed by atoms with Gasteiger partial charge in [0, 0.05) is 61.2 Å². The minimum absolute atomic E-state index is 0.0405. The summed E-state index contributed by atoms with van der Waals surface area (Å²) < 4.78 is 2.33. The summed E-state index contributed by atoms with van der Waals surface area (Å²) in [4.78, 5) is 71.2. The molecule has 11 nitrogen and oxygen atoms in total. The quantitative estimate of drug-likeness (QED) is 0.216. The van der Waals surface area contributed by atoms with Crippen molar-refractivity contribution in [3.05, 3.63) is 113 Å². The molecule has 2 fully saturated rings. The lowest BCUT2D eigenvalue weighted by atomic mass is 10.0. The molecule has 0 spiro atoms. The third-order valence-corrected chi connectivity index (χ3v) is 9.77. The van der Waals surface area contributed by atoms with Crippen molar-refractivity contribution in [2.45, 2.75) is 57.4 Å². The highest BCUT2D eigenvalue weighted by Gasteiger charge is 2.44. The predicted octanol–water partition coefficient (Wildman–Crippen LogP) is 4.19. The Labute approximate surface area is 281 Å². The van der Waals surface area contributed by atoms with Gasteiger partial charge < -0.3 is 9.88 Å². The first kappa shape index (κ1) is 30.6. The average Bonchev–Trinajstić information content (AvgIpc) is 3.88. The van der Waals surface area contributed by atoms with E-state index in [0.29, 0.717) is 12.6 Å². The van der Waals surface area contributed by atoms with Crippen molar-refractivity contribution < 1.29 is 24.0 Å². The molecule has 2 N–H and O–H groups in total. The second-order valence-corrected chi connectivity index (χ2v) is 13.0. The van der Waals surface area contributed by atoms with E-state index in [9.17, 15) is 24.0 Å². The Kier molecular flexibility index (Phi) is 7.76. The van der Waals surface area contributed by atoms with Crippen LogP contribution in [0.2, 0.25) is 0 Å². The lowest BCUT2D eigenvalue weighted by molar-refractivity contribution is -0.136. The zero-order chi connectivity index (χ0) is 33.6. The minimum Gasteiger partial charge on any atom is -0.348 e. The van der Waals surface area contributed by atoms with Gasteiger partial charge in [0.1, 0.15) is 11.7 Å². The number of para-hydroxylation sites is 1. The fourth-order valence-electron chi connectivity index (χ4n) is 7.05. The smallest absolute Gasteiger partial charge is 0.262 e. The fraction of sp³-hybridized carbons (Fsp3) is 0.263. The Morgan fingerprint density at radius 1 is 0.857 bits per heavy atom. The van der Waals surface area contributed by atoms with Crippen LogP contribution in [0.3, 0.4) is 0 Å². The van der Waals surface area contributed by atoms with E-state index < -0.39 is 29.7 Å². The van der Waals surface area contributed by atoms with Crippen LogP contribution >= 0.6 is 0 Å². The zero-order valence-corrected chi connectivity index (χ0v) is 26.7. The van der Waals surface area contributed by atoms with Crippen LogP contribution in [-0.4, -0.2) is 67.5 Å². The van der Waals surface area contributed by atoms with E-state index in [1.54, 1.807) is 0 Å². The van der Waals surface area contributed by atoms with Gasteiger partial charge in [0.15, 0.2) is 0 Å². The second-order valence-electron chi connectivity index (χ2n) is 13.0. The third kappa shape index (κ3) is 5.76. The maximum Gasteiger partial charge on any atom is 0.262 e. The Balaban J connectivity index is 0.893. The monoisotopic (exact) mass is 654 g/mol. The number of fused-ring (bicyclic) bond motifs is 4. The fourth-order valence-corrected chi connectivity index (χ4v) is 7.05. The third-order valence-electron chi connectivity index (χ3n) is 9.77. The number of pyridine rings is 1. The van der Waals surface area contributed by atoms with Gasteiger partial charge in [-0.25, -0.2) is 4.98 Å². The summed E-state index contributed by atoms with van der Waals surface area (Å²) in [7, 11) is 0. The molecule has 4 heterocycles. The number of aromatic nitrogens is 2. The molecule has 1 unspecified atom stereocenters. The summed E-state index contributed by atoms with van der Waals surface area (Å²) in [5, 5.41) is 7.49. The van der Waals surface area contributed by atoms with Crippen molar-refractivity contribution in [2.75, 3.05) is 6.54 Å². The van der Waals surface area contributed by atoms with Crippen LogP contribution in [0.15, 0.2) is 85.1 Å². The summed E-state index contributed by atoms with van der Waals surface area (Å²) in [5.41, 5.74) is 4.79. The molecule has 1 saturated heterocycles. The molecule has 0 bridgehead atoms. The van der Waals surface area contributed by atoms with Gasteiger partial charge in [0.2, 0.25) is 11.8 Å². The Morgan fingerprint density at radius 2 is 1.61 bits per heavy atom. The topological polar surface area (TPSA) is 134 Å². The number of hydrogen-bond donors (Lipinski definition) is 2. The maximum absolute atomic E-state index is 13.1. The maximum atomic E-state index is 13.1. The first-order valence-electron chi connectivity index (χ1n) is 16.6. The van der Waals surface area contributed by atoms with Crippen LogP contribution in [0.4, 0.5) is 0 Å². The lowest BCUT2D eigenvalue weighted by Crippen LogP contribution is -2.54. The molecule has 246 valence electrons. The number of imide groups is 2. The number of benzene rings is 3. The van der Waals surface area contributed by atoms with Gasteiger partial charge in [-0.2, -0.15) is 0 Å². The molecule has 2 aromatic heterocycles. The van der Waals surface area contributed by atoms with Gasteiger partial charge in [0.05, 0.1) is 16.6 Å². The van der Waals surface area contributed by atoms with Crippen LogP contribution in [-0.2, 0) is 29.2 Å². The van der Waals surface area contributed by atoms with Crippen LogP contribution in [0.25, 0.3) is 21.9 Å². The second kappa shape index (κ2) is 12.4. The summed E-state index contributed by atoms with van der Waals surface area (Å²) in [6.45, 7) is 2.88. The molecule has 11 heteroatoms. The normalized spacial score (nSPS) is 17.7. The number of amides is 5. The summed E-state index contributed by atoms with van der Waals surface area (Å²) in [5.74, 6) is -2.74. The van der Waals surface area contributed by atoms with E-state index in [-0.39, 0.29) is 35.4 Å². The van der Waals surface area contributed by atoms with E-state index in [0.717, 1.165) is 35.7 Å². The van der Waals surface area contributed by atoms with Crippen LogP contribution in [0, 0.1) is 0 Å². The molecule has 8 rings (SSSR count). The molecule has 3 aliphatic rings. The van der Waals surface area contributed by atoms with E-state index in [1.165, 1.54) is 52.9 Å². The number of rotatable bonds is 10. The molecule has 49 heavy (non-hydrogen) atoms. The first-order valence-corrected chi connectivity index (χ1v) is 16.6. The molecule has 1 atom stereocenters. The molecule has 5 amide bonds. The van der Waals surface area contributed by atoms with Crippen molar-refractivity contribution >= 4 is 51.5 Å². The van der Waals surface area contributed by atoms with Gasteiger partial charge in [0.25, 0.3) is 17.7 Å². The van der Waals surface area contributed by atoms with Crippen LogP contribution < -0.4 is 10.6 Å². The lowest BCUT2D eigenvalue weighted by Gasteiger charge is -2.27. The highest BCUT2D eigenvalue weighted by molar-refractivity contribution is 6.24. The number of hydrogen-bond acceptors (Lipinski definition) is 7. The molecule has 3 aromatic carbocycles. The Hall–Kier alpha value is -5.68. The van der Waals surface area contributed by atoms with Gasteiger partial charge in [-0.15, -0.1) is 0 Å². The number of piperidine rings is 1. The Bertz CT molecular complexity index is 2120. The molecule has 5 aromatic rings. The van der Waals surface area contributed by atoms with E-state index in [4.69, 9.17) is 4.98 Å². The molecular weight excluding hydrogens is 620 g/mol. The summed E-state index contributed by atoms with van der Waals surface area (Å²) in [6.07, 6.45) is 4.37. The molecule has 0 radical (unpaired) electrons. The number of carbonyl (C=O) groups is 5.